The summed E-state index contributed by atoms with van der Waals surface area (Å²) >= 11 is 0. The number of amides is 1. The van der Waals surface area contributed by atoms with Crippen molar-refractivity contribution in [1.82, 2.24) is 9.97 Å². The van der Waals surface area contributed by atoms with Gasteiger partial charge in [-0.25, -0.2) is 9.97 Å². The Hall–Kier alpha value is -3.94. The van der Waals surface area contributed by atoms with Crippen molar-refractivity contribution in [1.29, 1.82) is 0 Å². The molecule has 0 bridgehead atoms. The summed E-state index contributed by atoms with van der Waals surface area (Å²) in [6, 6.07) is 17.1. The SMILES string of the molecule is CC(=O)Nc1ccc(-c2ccnc(Nc3ccc(N4CCCC(C(=O)O)C4)cc3)n2)cc1. The normalized spacial score (nSPS) is 15.8. The van der Waals surface area contributed by atoms with Gasteiger partial charge in [0.15, 0.2) is 0 Å². The second kappa shape index (κ2) is 9.47. The number of anilines is 4. The van der Waals surface area contributed by atoms with E-state index in [4.69, 9.17) is 0 Å². The first-order valence-corrected chi connectivity index (χ1v) is 10.5. The monoisotopic (exact) mass is 431 g/mol. The third-order valence-electron chi connectivity index (χ3n) is 5.42. The molecular weight excluding hydrogens is 406 g/mol. The van der Waals surface area contributed by atoms with Gasteiger partial charge in [0.1, 0.15) is 0 Å². The summed E-state index contributed by atoms with van der Waals surface area (Å²) < 4.78 is 0. The molecule has 1 aliphatic rings. The summed E-state index contributed by atoms with van der Waals surface area (Å²) in [6.45, 7) is 2.87. The zero-order valence-corrected chi connectivity index (χ0v) is 17.8. The maximum atomic E-state index is 11.3. The van der Waals surface area contributed by atoms with Gasteiger partial charge in [0.25, 0.3) is 0 Å². The number of carbonyl (C=O) groups is 2. The summed E-state index contributed by atoms with van der Waals surface area (Å²) in [5, 5.41) is 15.3. The van der Waals surface area contributed by atoms with E-state index in [1.807, 2.05) is 54.6 Å². The van der Waals surface area contributed by atoms with Gasteiger partial charge >= 0.3 is 5.97 Å². The number of nitrogens with one attached hydrogen (secondary N) is 2. The highest BCUT2D eigenvalue weighted by molar-refractivity contribution is 5.88. The summed E-state index contributed by atoms with van der Waals surface area (Å²) in [5.41, 5.74) is 4.27. The van der Waals surface area contributed by atoms with E-state index in [0.717, 1.165) is 47.7 Å². The van der Waals surface area contributed by atoms with Crippen molar-refractivity contribution in [2.75, 3.05) is 28.6 Å². The van der Waals surface area contributed by atoms with Crippen LogP contribution in [0.2, 0.25) is 0 Å². The van der Waals surface area contributed by atoms with Crippen molar-refractivity contribution in [3.63, 3.8) is 0 Å². The summed E-state index contributed by atoms with van der Waals surface area (Å²) in [4.78, 5) is 33.5. The lowest BCUT2D eigenvalue weighted by atomic mass is 9.98. The number of carboxylic acids is 1. The van der Waals surface area contributed by atoms with E-state index in [2.05, 4.69) is 25.5 Å². The Labute approximate surface area is 186 Å². The van der Waals surface area contributed by atoms with Crippen LogP contribution in [0.4, 0.5) is 23.0 Å². The molecule has 0 spiro atoms. The van der Waals surface area contributed by atoms with Gasteiger partial charge in [0.05, 0.1) is 11.6 Å². The molecule has 3 N–H and O–H groups in total. The standard InChI is InChI=1S/C24H25N5O3/c1-16(30)26-19-6-4-17(5-7-19)22-12-13-25-24(28-22)27-20-8-10-21(11-9-20)29-14-2-3-18(15-29)23(31)32/h4-13,18H,2-3,14-15H2,1H3,(H,26,30)(H,31,32)(H,25,27,28). The van der Waals surface area contributed by atoms with E-state index >= 15 is 0 Å². The fourth-order valence-electron chi connectivity index (χ4n) is 3.81. The third-order valence-corrected chi connectivity index (χ3v) is 5.42. The van der Waals surface area contributed by atoms with Gasteiger partial charge in [-0.15, -0.1) is 0 Å². The van der Waals surface area contributed by atoms with Crippen molar-refractivity contribution >= 4 is 34.9 Å². The third kappa shape index (κ3) is 5.21. The fourth-order valence-corrected chi connectivity index (χ4v) is 3.81. The van der Waals surface area contributed by atoms with Crippen LogP contribution in [-0.2, 0) is 9.59 Å². The largest absolute Gasteiger partial charge is 0.481 e. The topological polar surface area (TPSA) is 107 Å². The number of rotatable bonds is 6. The summed E-state index contributed by atoms with van der Waals surface area (Å²) in [5.74, 6) is -0.677. The Bertz CT molecular complexity index is 1100. The second-order valence-corrected chi connectivity index (χ2v) is 7.82. The molecule has 1 aliphatic heterocycles. The molecule has 3 aromatic rings. The van der Waals surface area contributed by atoms with Gasteiger partial charge < -0.3 is 20.6 Å². The minimum Gasteiger partial charge on any atom is -0.481 e. The van der Waals surface area contributed by atoms with Gasteiger partial charge in [-0.2, -0.15) is 0 Å². The van der Waals surface area contributed by atoms with Crippen LogP contribution < -0.4 is 15.5 Å². The van der Waals surface area contributed by atoms with Gasteiger partial charge in [0, 0.05) is 48.8 Å². The first-order chi connectivity index (χ1) is 15.5. The van der Waals surface area contributed by atoms with Crippen molar-refractivity contribution < 1.29 is 14.7 Å². The van der Waals surface area contributed by atoms with Crippen molar-refractivity contribution in [2.45, 2.75) is 19.8 Å². The molecule has 0 radical (unpaired) electrons. The maximum absolute atomic E-state index is 11.3. The molecule has 0 saturated carbocycles. The number of benzene rings is 2. The number of piperidine rings is 1. The van der Waals surface area contributed by atoms with Crippen LogP contribution in [0.25, 0.3) is 11.3 Å². The molecule has 1 atom stereocenters. The van der Waals surface area contributed by atoms with Gasteiger partial charge in [-0.05, 0) is 55.3 Å². The van der Waals surface area contributed by atoms with Crippen LogP contribution in [-0.4, -0.2) is 40.0 Å². The minimum atomic E-state index is -0.727. The van der Waals surface area contributed by atoms with Crippen LogP contribution in [0.15, 0.2) is 60.8 Å². The number of carboxylic acid groups (broad SMARTS) is 1. The molecular formula is C24H25N5O3. The lowest BCUT2D eigenvalue weighted by Gasteiger charge is -2.32. The maximum Gasteiger partial charge on any atom is 0.308 e. The zero-order valence-electron chi connectivity index (χ0n) is 17.8. The molecule has 2 heterocycles. The molecule has 1 unspecified atom stereocenters. The molecule has 32 heavy (non-hydrogen) atoms. The fraction of sp³-hybridized carbons (Fsp3) is 0.250. The number of aliphatic carboxylic acids is 1. The van der Waals surface area contributed by atoms with E-state index in [1.54, 1.807) is 6.20 Å². The number of carbonyl (C=O) groups excluding carboxylic acids is 1. The average molecular weight is 431 g/mol. The van der Waals surface area contributed by atoms with Crippen LogP contribution in [0.5, 0.6) is 0 Å². The quantitative estimate of drug-likeness (QED) is 0.538. The lowest BCUT2D eigenvalue weighted by molar-refractivity contribution is -0.142. The first-order valence-electron chi connectivity index (χ1n) is 10.5. The Kier molecular flexibility index (Phi) is 6.30. The molecule has 8 heteroatoms. The lowest BCUT2D eigenvalue weighted by Crippen LogP contribution is -2.38. The number of nitrogens with zero attached hydrogens (tertiary/aromatic N) is 3. The summed E-state index contributed by atoms with van der Waals surface area (Å²) in [7, 11) is 0. The highest BCUT2D eigenvalue weighted by Gasteiger charge is 2.25. The molecule has 1 saturated heterocycles. The van der Waals surface area contributed by atoms with Crippen LogP contribution in [0.1, 0.15) is 19.8 Å². The van der Waals surface area contributed by atoms with Gasteiger partial charge in [-0.3, -0.25) is 9.59 Å². The predicted octanol–water partition coefficient (Wildman–Crippen LogP) is 4.15. The van der Waals surface area contributed by atoms with Crippen molar-refractivity contribution in [2.24, 2.45) is 5.92 Å². The molecule has 2 aromatic carbocycles. The van der Waals surface area contributed by atoms with E-state index in [1.165, 1.54) is 6.92 Å². The summed E-state index contributed by atoms with van der Waals surface area (Å²) in [6.07, 6.45) is 3.30. The Morgan fingerprint density at radius 2 is 1.75 bits per heavy atom. The van der Waals surface area contributed by atoms with Gasteiger partial charge in [0.2, 0.25) is 11.9 Å². The molecule has 4 rings (SSSR count). The van der Waals surface area contributed by atoms with Crippen LogP contribution in [0.3, 0.4) is 0 Å². The molecule has 1 amide bonds. The molecule has 1 fully saturated rings. The van der Waals surface area contributed by atoms with E-state index in [-0.39, 0.29) is 11.8 Å². The van der Waals surface area contributed by atoms with Crippen molar-refractivity contribution in [3.05, 3.63) is 60.8 Å². The molecule has 1 aromatic heterocycles. The van der Waals surface area contributed by atoms with Crippen LogP contribution in [0, 0.1) is 5.92 Å². The molecule has 0 aliphatic carbocycles. The van der Waals surface area contributed by atoms with Crippen molar-refractivity contribution in [3.8, 4) is 11.3 Å². The Balaban J connectivity index is 1.43. The zero-order chi connectivity index (χ0) is 22.5. The Morgan fingerprint density at radius 3 is 2.44 bits per heavy atom. The molecule has 8 nitrogen and oxygen atoms in total. The Morgan fingerprint density at radius 1 is 1.03 bits per heavy atom. The second-order valence-electron chi connectivity index (χ2n) is 7.82. The first kappa shape index (κ1) is 21.3. The van der Waals surface area contributed by atoms with E-state index < -0.39 is 5.97 Å². The number of aromatic nitrogens is 2. The highest BCUT2D eigenvalue weighted by atomic mass is 16.4. The smallest absolute Gasteiger partial charge is 0.308 e. The van der Waals surface area contributed by atoms with E-state index in [0.29, 0.717) is 12.5 Å². The van der Waals surface area contributed by atoms with Gasteiger partial charge in [-0.1, -0.05) is 12.1 Å². The average Bonchev–Trinajstić information content (AvgIpc) is 2.80. The minimum absolute atomic E-state index is 0.112. The van der Waals surface area contributed by atoms with E-state index in [9.17, 15) is 14.7 Å². The predicted molar refractivity (Wildman–Crippen MR) is 124 cm³/mol. The number of hydrogen-bond acceptors (Lipinski definition) is 6. The molecule has 164 valence electrons. The number of hydrogen-bond donors (Lipinski definition) is 3. The van der Waals surface area contributed by atoms with Crippen LogP contribution >= 0.6 is 0 Å². The highest BCUT2D eigenvalue weighted by Crippen LogP contribution is 2.26.